The largest absolute Gasteiger partial charge is 0.497 e. The number of carbonyl (C=O) groups excluding carboxylic acids is 2. The van der Waals surface area contributed by atoms with E-state index in [0.29, 0.717) is 24.1 Å². The zero-order valence-electron chi connectivity index (χ0n) is 20.3. The van der Waals surface area contributed by atoms with Crippen molar-refractivity contribution in [3.8, 4) is 17.2 Å². The molecule has 37 heavy (non-hydrogen) atoms. The molecule has 1 aliphatic carbocycles. The molecule has 1 atom stereocenters. The summed E-state index contributed by atoms with van der Waals surface area (Å²) in [5.74, 6) is -0.968. The lowest BCUT2D eigenvalue weighted by Crippen LogP contribution is -2.49. The van der Waals surface area contributed by atoms with E-state index in [4.69, 9.17) is 9.47 Å². The summed E-state index contributed by atoms with van der Waals surface area (Å²) in [6.07, 6.45) is 0.714. The fraction of sp³-hybridized carbons (Fsp3) is 0.308. The number of aryl methyl sites for hydroxylation is 1. The molecule has 2 aromatic heterocycles. The van der Waals surface area contributed by atoms with Gasteiger partial charge in [0.25, 0.3) is 5.91 Å². The van der Waals surface area contributed by atoms with Gasteiger partial charge in [-0.05, 0) is 68.7 Å². The Labute approximate surface area is 211 Å². The van der Waals surface area contributed by atoms with Gasteiger partial charge >= 0.3 is 6.18 Å². The number of hydrogen-bond acceptors (Lipinski definition) is 6. The first kappa shape index (κ1) is 25.9. The predicted molar refractivity (Wildman–Crippen MR) is 127 cm³/mol. The number of halogens is 3. The Hall–Kier alpha value is -4.15. The number of carbonyl (C=O) groups is 2. The van der Waals surface area contributed by atoms with E-state index in [2.05, 4.69) is 20.6 Å². The highest BCUT2D eigenvalue weighted by Crippen LogP contribution is 2.40. The molecule has 11 heteroatoms. The molecule has 2 N–H and O–H groups in total. The zero-order valence-corrected chi connectivity index (χ0v) is 20.3. The number of methoxy groups -OCH3 is 1. The van der Waals surface area contributed by atoms with Crippen LogP contribution in [-0.4, -0.2) is 34.4 Å². The van der Waals surface area contributed by atoms with Crippen LogP contribution in [0.2, 0.25) is 0 Å². The Morgan fingerprint density at radius 3 is 2.38 bits per heavy atom. The molecule has 1 aromatic carbocycles. The van der Waals surface area contributed by atoms with Crippen molar-refractivity contribution in [2.75, 3.05) is 7.11 Å². The minimum atomic E-state index is -4.64. The Bertz CT molecular complexity index is 1310. The van der Waals surface area contributed by atoms with E-state index >= 15 is 0 Å². The molecule has 1 fully saturated rings. The molecule has 1 aliphatic rings. The second-order valence-electron chi connectivity index (χ2n) is 8.86. The quantitative estimate of drug-likeness (QED) is 0.450. The molecular formula is C26H25F3N4O4. The van der Waals surface area contributed by atoms with Gasteiger partial charge in [0, 0.05) is 12.4 Å². The lowest BCUT2D eigenvalue weighted by Gasteiger charge is -2.21. The maximum absolute atomic E-state index is 13.4. The normalized spacial score (nSPS) is 14.9. The first-order chi connectivity index (χ1) is 17.5. The molecule has 4 rings (SSSR count). The number of amides is 2. The van der Waals surface area contributed by atoms with Crippen LogP contribution in [0, 0.1) is 6.92 Å². The molecule has 3 aromatic rings. The van der Waals surface area contributed by atoms with Crippen LogP contribution in [0.1, 0.15) is 53.0 Å². The third kappa shape index (κ3) is 5.99. The summed E-state index contributed by atoms with van der Waals surface area (Å²) in [4.78, 5) is 33.8. The topological polar surface area (TPSA) is 102 Å². The van der Waals surface area contributed by atoms with Crippen LogP contribution >= 0.6 is 0 Å². The molecule has 194 valence electrons. The van der Waals surface area contributed by atoms with Crippen molar-refractivity contribution in [2.24, 2.45) is 0 Å². The smallest absolute Gasteiger partial charge is 0.420 e. The van der Waals surface area contributed by atoms with Crippen molar-refractivity contribution in [1.82, 2.24) is 20.6 Å². The number of nitrogens with zero attached hydrogens (tertiary/aromatic N) is 2. The molecular weight excluding hydrogens is 489 g/mol. The van der Waals surface area contributed by atoms with E-state index in [1.807, 2.05) is 6.92 Å². The molecule has 8 nitrogen and oxygen atoms in total. The summed E-state index contributed by atoms with van der Waals surface area (Å²) in [7, 11) is 1.28. The second kappa shape index (κ2) is 10.1. The average molecular weight is 515 g/mol. The number of nitrogens with one attached hydrogen (secondary N) is 2. The lowest BCUT2D eigenvalue weighted by molar-refractivity contribution is -0.138. The standard InChI is InChI=1S/C26H25F3N4O4/c1-15-10-17(13-30-12-15)23(34)33-25(8-9-25)24(35)32-16(2)21-6-4-19(14-31-21)37-22-7-5-18(36-3)11-20(22)26(27,28)29/h4-7,10-14,16H,8-9H2,1-3H3,(H,32,35)(H,33,34). The van der Waals surface area contributed by atoms with E-state index < -0.39 is 23.3 Å². The number of aromatic nitrogens is 2. The van der Waals surface area contributed by atoms with Crippen LogP contribution in [-0.2, 0) is 11.0 Å². The van der Waals surface area contributed by atoms with Gasteiger partial charge in [0.1, 0.15) is 28.4 Å². The van der Waals surface area contributed by atoms with Crippen molar-refractivity contribution in [2.45, 2.75) is 44.4 Å². The van der Waals surface area contributed by atoms with Gasteiger partial charge in [-0.3, -0.25) is 19.6 Å². The minimum Gasteiger partial charge on any atom is -0.497 e. The Balaban J connectivity index is 1.40. The molecule has 0 aliphatic heterocycles. The summed E-state index contributed by atoms with van der Waals surface area (Å²) in [5.41, 5.74) is -0.308. The summed E-state index contributed by atoms with van der Waals surface area (Å²) >= 11 is 0. The van der Waals surface area contributed by atoms with Crippen LogP contribution in [0.5, 0.6) is 17.2 Å². The van der Waals surface area contributed by atoms with E-state index in [1.165, 1.54) is 37.7 Å². The lowest BCUT2D eigenvalue weighted by atomic mass is 10.1. The average Bonchev–Trinajstić information content (AvgIpc) is 3.64. The fourth-order valence-electron chi connectivity index (χ4n) is 3.69. The van der Waals surface area contributed by atoms with Gasteiger partial charge in [-0.2, -0.15) is 13.2 Å². The molecule has 2 amide bonds. The van der Waals surface area contributed by atoms with Crippen LogP contribution in [0.3, 0.4) is 0 Å². The maximum Gasteiger partial charge on any atom is 0.420 e. The van der Waals surface area contributed by atoms with Gasteiger partial charge in [0.2, 0.25) is 5.91 Å². The minimum absolute atomic E-state index is 0.0536. The zero-order chi connectivity index (χ0) is 26.8. The molecule has 1 saturated carbocycles. The van der Waals surface area contributed by atoms with E-state index in [9.17, 15) is 22.8 Å². The summed E-state index contributed by atoms with van der Waals surface area (Å²) in [6.45, 7) is 3.54. The molecule has 0 bridgehead atoms. The molecule has 0 spiro atoms. The number of pyridine rings is 2. The van der Waals surface area contributed by atoms with Crippen LogP contribution in [0.15, 0.2) is 55.0 Å². The fourth-order valence-corrected chi connectivity index (χ4v) is 3.69. The summed E-state index contributed by atoms with van der Waals surface area (Å²) in [5, 5.41) is 5.64. The highest BCUT2D eigenvalue weighted by atomic mass is 19.4. The van der Waals surface area contributed by atoms with Gasteiger partial charge in [0.15, 0.2) is 0 Å². The van der Waals surface area contributed by atoms with Crippen molar-refractivity contribution >= 4 is 11.8 Å². The Morgan fingerprint density at radius 2 is 1.78 bits per heavy atom. The Kier molecular flexibility index (Phi) is 7.06. The number of hydrogen-bond donors (Lipinski definition) is 2. The third-order valence-corrected chi connectivity index (χ3v) is 5.95. The third-order valence-electron chi connectivity index (χ3n) is 5.95. The van der Waals surface area contributed by atoms with Gasteiger partial charge in [0.05, 0.1) is 30.6 Å². The van der Waals surface area contributed by atoms with Gasteiger partial charge in [-0.15, -0.1) is 0 Å². The summed E-state index contributed by atoms with van der Waals surface area (Å²) < 4.78 is 50.6. The van der Waals surface area contributed by atoms with E-state index in [-0.39, 0.29) is 29.1 Å². The predicted octanol–water partition coefficient (Wildman–Crippen LogP) is 4.74. The first-order valence-electron chi connectivity index (χ1n) is 11.4. The molecule has 0 radical (unpaired) electrons. The van der Waals surface area contributed by atoms with Crippen molar-refractivity contribution in [3.63, 3.8) is 0 Å². The van der Waals surface area contributed by atoms with E-state index in [1.54, 1.807) is 25.3 Å². The Morgan fingerprint density at radius 1 is 1.05 bits per heavy atom. The second-order valence-corrected chi connectivity index (χ2v) is 8.86. The number of benzene rings is 1. The first-order valence-corrected chi connectivity index (χ1v) is 11.4. The number of alkyl halides is 3. The SMILES string of the molecule is COc1ccc(Oc2ccc(C(C)NC(=O)C3(NC(=O)c4cncc(C)c4)CC3)nc2)c(C(F)(F)F)c1. The van der Waals surface area contributed by atoms with E-state index in [0.717, 1.165) is 11.6 Å². The van der Waals surface area contributed by atoms with Gasteiger partial charge in [-0.1, -0.05) is 0 Å². The van der Waals surface area contributed by atoms with Crippen LogP contribution in [0.25, 0.3) is 0 Å². The van der Waals surface area contributed by atoms with Gasteiger partial charge in [-0.25, -0.2) is 0 Å². The van der Waals surface area contributed by atoms with Crippen LogP contribution in [0.4, 0.5) is 13.2 Å². The number of rotatable bonds is 8. The molecule has 2 heterocycles. The summed E-state index contributed by atoms with van der Waals surface area (Å²) in [6, 6.07) is 7.58. The number of ether oxygens (including phenoxy) is 2. The van der Waals surface area contributed by atoms with Crippen molar-refractivity contribution in [3.05, 3.63) is 77.4 Å². The van der Waals surface area contributed by atoms with Gasteiger partial charge < -0.3 is 20.1 Å². The van der Waals surface area contributed by atoms with Crippen molar-refractivity contribution < 1.29 is 32.2 Å². The highest BCUT2D eigenvalue weighted by Gasteiger charge is 2.51. The molecule has 0 saturated heterocycles. The van der Waals surface area contributed by atoms with Crippen LogP contribution < -0.4 is 20.1 Å². The maximum atomic E-state index is 13.4. The monoisotopic (exact) mass is 514 g/mol. The van der Waals surface area contributed by atoms with Crippen molar-refractivity contribution in [1.29, 1.82) is 0 Å². The molecule has 1 unspecified atom stereocenters. The highest BCUT2D eigenvalue weighted by molar-refractivity contribution is 6.00.